The number of benzene rings is 2. The molecule has 0 bridgehead atoms. The van der Waals surface area contributed by atoms with Crippen molar-refractivity contribution in [3.63, 3.8) is 0 Å². The molecule has 25 heavy (non-hydrogen) atoms. The zero-order valence-electron chi connectivity index (χ0n) is 14.8. The summed E-state index contributed by atoms with van der Waals surface area (Å²) in [5, 5.41) is 3.09. The molecule has 0 aromatic heterocycles. The van der Waals surface area contributed by atoms with E-state index >= 15 is 0 Å². The average Bonchev–Trinajstić information content (AvgIpc) is 2.60. The third-order valence-corrected chi connectivity index (χ3v) is 4.22. The van der Waals surface area contributed by atoms with E-state index in [2.05, 4.69) is 5.32 Å². The maximum Gasteiger partial charge on any atom is 0.244 e. The van der Waals surface area contributed by atoms with Crippen LogP contribution in [0.2, 0.25) is 0 Å². The first-order valence-corrected chi connectivity index (χ1v) is 8.37. The van der Waals surface area contributed by atoms with E-state index in [1.165, 1.54) is 0 Å². The normalized spacial score (nSPS) is 18.3. The molecule has 1 N–H and O–H groups in total. The highest BCUT2D eigenvalue weighted by molar-refractivity contribution is 5.92. The number of carbonyl (C=O) groups is 1. The van der Waals surface area contributed by atoms with Crippen LogP contribution in [0.1, 0.15) is 37.4 Å². The number of carbonyl (C=O) groups excluding carboxylic acids is 1. The Morgan fingerprint density at radius 3 is 2.72 bits per heavy atom. The first-order valence-electron chi connectivity index (χ1n) is 8.37. The van der Waals surface area contributed by atoms with Crippen molar-refractivity contribution in [1.82, 2.24) is 5.32 Å². The van der Waals surface area contributed by atoms with Crippen LogP contribution in [-0.2, 0) is 4.79 Å². The highest BCUT2D eigenvalue weighted by Crippen LogP contribution is 2.41. The largest absolute Gasteiger partial charge is 0.497 e. The fraction of sp³-hybridized carbons (Fsp3) is 0.286. The van der Waals surface area contributed by atoms with E-state index in [4.69, 9.17) is 9.47 Å². The summed E-state index contributed by atoms with van der Waals surface area (Å²) in [4.78, 5) is 12.4. The SMILES string of the molecule is COc1ccc2c(c1)[C@@H](NC(=O)/C=C/c1ccccc1)CC(C)(C)O2. The van der Waals surface area contributed by atoms with Gasteiger partial charge in [-0.15, -0.1) is 0 Å². The molecule has 0 spiro atoms. The van der Waals surface area contributed by atoms with Crippen LogP contribution in [0.15, 0.2) is 54.6 Å². The fourth-order valence-electron chi connectivity index (χ4n) is 3.04. The molecule has 0 fully saturated rings. The Kier molecular flexibility index (Phi) is 4.79. The van der Waals surface area contributed by atoms with Gasteiger partial charge in [-0.3, -0.25) is 4.79 Å². The van der Waals surface area contributed by atoms with Gasteiger partial charge in [-0.2, -0.15) is 0 Å². The van der Waals surface area contributed by atoms with Gasteiger partial charge in [-0.1, -0.05) is 30.3 Å². The second-order valence-electron chi connectivity index (χ2n) is 6.77. The van der Waals surface area contributed by atoms with Crippen molar-refractivity contribution in [2.45, 2.75) is 31.9 Å². The first kappa shape index (κ1) is 17.1. The van der Waals surface area contributed by atoms with Gasteiger partial charge in [0.2, 0.25) is 5.91 Å². The molecule has 0 unspecified atom stereocenters. The lowest BCUT2D eigenvalue weighted by atomic mass is 9.89. The van der Waals surface area contributed by atoms with Gasteiger partial charge in [-0.25, -0.2) is 0 Å². The molecule has 2 aromatic carbocycles. The summed E-state index contributed by atoms with van der Waals surface area (Å²) in [6.45, 7) is 4.05. The number of rotatable bonds is 4. The number of fused-ring (bicyclic) bond motifs is 1. The van der Waals surface area contributed by atoms with Crippen LogP contribution in [0.25, 0.3) is 6.08 Å². The Hall–Kier alpha value is -2.75. The number of hydrogen-bond donors (Lipinski definition) is 1. The average molecular weight is 337 g/mol. The van der Waals surface area contributed by atoms with E-state index in [-0.39, 0.29) is 17.6 Å². The van der Waals surface area contributed by atoms with Crippen LogP contribution >= 0.6 is 0 Å². The quantitative estimate of drug-likeness (QED) is 0.854. The van der Waals surface area contributed by atoms with Crippen molar-refractivity contribution in [2.75, 3.05) is 7.11 Å². The molecule has 1 heterocycles. The predicted molar refractivity (Wildman–Crippen MR) is 98.7 cm³/mol. The molecule has 1 atom stereocenters. The molecular formula is C21H23NO3. The number of methoxy groups -OCH3 is 1. The summed E-state index contributed by atoms with van der Waals surface area (Å²) >= 11 is 0. The lowest BCUT2D eigenvalue weighted by Crippen LogP contribution is -2.40. The Labute approximate surface area is 148 Å². The summed E-state index contributed by atoms with van der Waals surface area (Å²) in [5.41, 5.74) is 1.59. The van der Waals surface area contributed by atoms with Crippen LogP contribution in [-0.4, -0.2) is 18.6 Å². The molecule has 3 rings (SSSR count). The number of nitrogens with one attached hydrogen (secondary N) is 1. The summed E-state index contributed by atoms with van der Waals surface area (Å²) in [5.74, 6) is 1.41. The third kappa shape index (κ3) is 4.21. The smallest absolute Gasteiger partial charge is 0.244 e. The van der Waals surface area contributed by atoms with Crippen molar-refractivity contribution in [1.29, 1.82) is 0 Å². The van der Waals surface area contributed by atoms with Crippen LogP contribution in [0, 0.1) is 0 Å². The first-order chi connectivity index (χ1) is 12.0. The van der Waals surface area contributed by atoms with Gasteiger partial charge in [0, 0.05) is 18.1 Å². The van der Waals surface area contributed by atoms with Gasteiger partial charge in [-0.05, 0) is 43.7 Å². The number of hydrogen-bond acceptors (Lipinski definition) is 3. The van der Waals surface area contributed by atoms with Crippen molar-refractivity contribution in [2.24, 2.45) is 0 Å². The lowest BCUT2D eigenvalue weighted by molar-refractivity contribution is -0.117. The maximum absolute atomic E-state index is 12.4. The van der Waals surface area contributed by atoms with Crippen molar-refractivity contribution < 1.29 is 14.3 Å². The molecule has 0 saturated heterocycles. The summed E-state index contributed by atoms with van der Waals surface area (Å²) in [7, 11) is 1.63. The third-order valence-electron chi connectivity index (χ3n) is 4.22. The molecule has 0 saturated carbocycles. The van der Waals surface area contributed by atoms with Crippen molar-refractivity contribution in [3.8, 4) is 11.5 Å². The second kappa shape index (κ2) is 7.01. The molecule has 4 heteroatoms. The minimum atomic E-state index is -0.345. The standard InChI is InChI=1S/C21H23NO3/c1-21(2)14-18(17-13-16(24-3)10-11-19(17)25-21)22-20(23)12-9-15-7-5-4-6-8-15/h4-13,18H,14H2,1-3H3,(H,22,23)/b12-9+/t18-/m0/s1. The fourth-order valence-corrected chi connectivity index (χ4v) is 3.04. The lowest BCUT2D eigenvalue weighted by Gasteiger charge is -2.37. The van der Waals surface area contributed by atoms with E-state index in [1.807, 2.05) is 68.5 Å². The molecule has 1 aliphatic heterocycles. The van der Waals surface area contributed by atoms with Crippen LogP contribution < -0.4 is 14.8 Å². The van der Waals surface area contributed by atoms with E-state index < -0.39 is 0 Å². The number of ether oxygens (including phenoxy) is 2. The predicted octanol–water partition coefficient (Wildman–Crippen LogP) is 4.13. The maximum atomic E-state index is 12.4. The Morgan fingerprint density at radius 1 is 1.24 bits per heavy atom. The van der Waals surface area contributed by atoms with Crippen molar-refractivity contribution in [3.05, 3.63) is 65.7 Å². The topological polar surface area (TPSA) is 47.6 Å². The van der Waals surface area contributed by atoms with E-state index in [9.17, 15) is 4.79 Å². The van der Waals surface area contributed by atoms with E-state index in [1.54, 1.807) is 13.2 Å². The second-order valence-corrected chi connectivity index (χ2v) is 6.77. The Balaban J connectivity index is 1.79. The minimum Gasteiger partial charge on any atom is -0.497 e. The number of amides is 1. The van der Waals surface area contributed by atoms with Crippen molar-refractivity contribution >= 4 is 12.0 Å². The van der Waals surface area contributed by atoms with E-state index in [0.717, 1.165) is 22.6 Å². The molecule has 2 aromatic rings. The minimum absolute atomic E-state index is 0.123. The van der Waals surface area contributed by atoms with Gasteiger partial charge in [0.05, 0.1) is 13.2 Å². The van der Waals surface area contributed by atoms with E-state index in [0.29, 0.717) is 6.42 Å². The monoisotopic (exact) mass is 337 g/mol. The molecule has 4 nitrogen and oxygen atoms in total. The zero-order chi connectivity index (χ0) is 17.9. The summed E-state index contributed by atoms with van der Waals surface area (Å²) < 4.78 is 11.3. The van der Waals surface area contributed by atoms with Gasteiger partial charge in [0.1, 0.15) is 17.1 Å². The van der Waals surface area contributed by atoms with Crippen LogP contribution in [0.5, 0.6) is 11.5 Å². The van der Waals surface area contributed by atoms with Gasteiger partial charge in [0.25, 0.3) is 0 Å². The van der Waals surface area contributed by atoms with Crippen LogP contribution in [0.4, 0.5) is 0 Å². The molecule has 0 radical (unpaired) electrons. The van der Waals surface area contributed by atoms with Gasteiger partial charge >= 0.3 is 0 Å². The highest BCUT2D eigenvalue weighted by atomic mass is 16.5. The molecule has 1 amide bonds. The van der Waals surface area contributed by atoms with Gasteiger partial charge in [0.15, 0.2) is 0 Å². The highest BCUT2D eigenvalue weighted by Gasteiger charge is 2.34. The summed E-state index contributed by atoms with van der Waals surface area (Å²) in [6.07, 6.45) is 4.07. The molecule has 0 aliphatic carbocycles. The molecular weight excluding hydrogens is 314 g/mol. The van der Waals surface area contributed by atoms with Gasteiger partial charge < -0.3 is 14.8 Å². The Bertz CT molecular complexity index is 781. The Morgan fingerprint density at radius 2 is 2.00 bits per heavy atom. The molecule has 1 aliphatic rings. The summed E-state index contributed by atoms with van der Waals surface area (Å²) in [6, 6.07) is 15.3. The van der Waals surface area contributed by atoms with Crippen LogP contribution in [0.3, 0.4) is 0 Å². The molecule has 130 valence electrons. The zero-order valence-corrected chi connectivity index (χ0v) is 14.8.